The number of rotatable bonds is 5. The summed E-state index contributed by atoms with van der Waals surface area (Å²) < 4.78 is 8.45. The average Bonchev–Trinajstić information content (AvgIpc) is 3.03. The Morgan fingerprint density at radius 3 is 2.52 bits per heavy atom. The minimum absolute atomic E-state index is 0.00600. The quantitative estimate of drug-likeness (QED) is 0.495. The first kappa shape index (κ1) is 19.2. The van der Waals surface area contributed by atoms with Crippen molar-refractivity contribution in [3.05, 3.63) is 70.3 Å². The van der Waals surface area contributed by atoms with Crippen LogP contribution in [0.4, 0.5) is 5.69 Å². The van der Waals surface area contributed by atoms with E-state index >= 15 is 0 Å². The number of carbonyl (C=O) groups excluding carboxylic acids is 1. The molecule has 4 rings (SSSR count). The predicted octanol–water partition coefficient (Wildman–Crippen LogP) is 5.20. The molecule has 1 amide bonds. The number of aromatic nitrogens is 1. The van der Waals surface area contributed by atoms with Crippen molar-refractivity contribution in [2.45, 2.75) is 32.9 Å². The van der Waals surface area contributed by atoms with E-state index in [1.54, 1.807) is 11.5 Å². The molecule has 0 spiro atoms. The van der Waals surface area contributed by atoms with Gasteiger partial charge >= 0.3 is 4.87 Å². The summed E-state index contributed by atoms with van der Waals surface area (Å²) in [6.07, 6.45) is -0.661. The van der Waals surface area contributed by atoms with E-state index in [9.17, 15) is 9.59 Å². The lowest BCUT2D eigenvalue weighted by Crippen LogP contribution is -2.30. The van der Waals surface area contributed by atoms with Crippen molar-refractivity contribution in [2.24, 2.45) is 0 Å². The van der Waals surface area contributed by atoms with Crippen LogP contribution in [0.5, 0.6) is 5.75 Å². The van der Waals surface area contributed by atoms with Crippen molar-refractivity contribution in [3.8, 4) is 5.75 Å². The van der Waals surface area contributed by atoms with Gasteiger partial charge in [-0.2, -0.15) is 0 Å². The third kappa shape index (κ3) is 3.89. The molecule has 0 aliphatic rings. The summed E-state index contributed by atoms with van der Waals surface area (Å²) in [4.78, 5) is 24.8. The molecule has 0 unspecified atom stereocenters. The summed E-state index contributed by atoms with van der Waals surface area (Å²) in [6.45, 7) is 5.68. The number of hydrogen-bond acceptors (Lipinski definition) is 4. The number of carbonyl (C=O) groups is 1. The van der Waals surface area contributed by atoms with Gasteiger partial charge in [-0.15, -0.1) is 0 Å². The van der Waals surface area contributed by atoms with Crippen molar-refractivity contribution in [2.75, 3.05) is 5.32 Å². The third-order valence-corrected chi connectivity index (χ3v) is 5.72. The van der Waals surface area contributed by atoms with E-state index in [0.717, 1.165) is 21.0 Å². The number of amides is 1. The largest absolute Gasteiger partial charge is 0.481 e. The number of ether oxygens (including phenoxy) is 1. The van der Waals surface area contributed by atoms with Crippen LogP contribution in [-0.2, 0) is 4.79 Å². The van der Waals surface area contributed by atoms with Crippen LogP contribution in [0.15, 0.2) is 65.5 Å². The van der Waals surface area contributed by atoms with Gasteiger partial charge in [0.25, 0.3) is 5.91 Å². The third-order valence-electron chi connectivity index (χ3n) is 4.80. The Morgan fingerprint density at radius 1 is 1.00 bits per heavy atom. The van der Waals surface area contributed by atoms with Crippen LogP contribution in [0.1, 0.15) is 26.8 Å². The maximum atomic E-state index is 12.6. The minimum Gasteiger partial charge on any atom is -0.481 e. The predicted molar refractivity (Wildman–Crippen MR) is 119 cm³/mol. The SMILES string of the molecule is CC(C)n1c(=O)sc2cc(NC(=O)[C@@H](C)Oc3ccc4ccccc4c3)ccc21. The average molecular weight is 407 g/mol. The van der Waals surface area contributed by atoms with Gasteiger partial charge in [0.2, 0.25) is 0 Å². The van der Waals surface area contributed by atoms with Crippen molar-refractivity contribution in [1.29, 1.82) is 0 Å². The van der Waals surface area contributed by atoms with Gasteiger partial charge in [-0.1, -0.05) is 41.7 Å². The van der Waals surface area contributed by atoms with E-state index in [0.29, 0.717) is 11.4 Å². The molecule has 0 fully saturated rings. The Kier molecular flexibility index (Phi) is 5.11. The fourth-order valence-corrected chi connectivity index (χ4v) is 4.40. The lowest BCUT2D eigenvalue weighted by Gasteiger charge is -2.15. The van der Waals surface area contributed by atoms with Gasteiger partial charge in [-0.25, -0.2) is 0 Å². The summed E-state index contributed by atoms with van der Waals surface area (Å²) >= 11 is 1.19. The standard InChI is InChI=1S/C23H22N2O3S/c1-14(2)25-20-11-9-18(13-21(20)29-23(25)27)24-22(26)15(3)28-19-10-8-16-6-4-5-7-17(16)12-19/h4-15H,1-3H3,(H,24,26)/t15-/m1/s1. The first-order valence-electron chi connectivity index (χ1n) is 9.54. The molecule has 0 aliphatic carbocycles. The number of hydrogen-bond donors (Lipinski definition) is 1. The zero-order chi connectivity index (χ0) is 20.5. The molecule has 4 aromatic rings. The zero-order valence-corrected chi connectivity index (χ0v) is 17.3. The number of anilines is 1. The van der Waals surface area contributed by atoms with Crippen LogP contribution >= 0.6 is 11.3 Å². The summed E-state index contributed by atoms with van der Waals surface area (Å²) in [5.74, 6) is 0.405. The second kappa shape index (κ2) is 7.72. The second-order valence-electron chi connectivity index (χ2n) is 7.27. The van der Waals surface area contributed by atoms with Crippen LogP contribution in [0.2, 0.25) is 0 Å². The van der Waals surface area contributed by atoms with Crippen LogP contribution in [0, 0.1) is 0 Å². The Bertz CT molecular complexity index is 1260. The molecular weight excluding hydrogens is 384 g/mol. The number of nitrogens with zero attached hydrogens (tertiary/aromatic N) is 1. The Hall–Kier alpha value is -3.12. The van der Waals surface area contributed by atoms with E-state index in [1.807, 2.05) is 74.5 Å². The highest BCUT2D eigenvalue weighted by Crippen LogP contribution is 2.25. The van der Waals surface area contributed by atoms with Gasteiger partial charge in [0.1, 0.15) is 5.75 Å². The Balaban J connectivity index is 1.49. The van der Waals surface area contributed by atoms with Crippen molar-refractivity contribution >= 4 is 43.9 Å². The van der Waals surface area contributed by atoms with Gasteiger partial charge in [-0.05, 0) is 61.9 Å². The van der Waals surface area contributed by atoms with E-state index in [-0.39, 0.29) is 16.8 Å². The zero-order valence-electron chi connectivity index (χ0n) is 16.5. The summed E-state index contributed by atoms with van der Waals surface area (Å²) in [5.41, 5.74) is 1.53. The topological polar surface area (TPSA) is 60.3 Å². The number of benzene rings is 3. The van der Waals surface area contributed by atoms with Gasteiger partial charge in [-0.3, -0.25) is 14.2 Å². The molecule has 0 bridgehead atoms. The van der Waals surface area contributed by atoms with Gasteiger partial charge in [0.15, 0.2) is 6.10 Å². The van der Waals surface area contributed by atoms with Crippen LogP contribution in [0.3, 0.4) is 0 Å². The van der Waals surface area contributed by atoms with Gasteiger partial charge in [0.05, 0.1) is 10.2 Å². The van der Waals surface area contributed by atoms with Crippen molar-refractivity contribution in [3.63, 3.8) is 0 Å². The molecule has 0 radical (unpaired) electrons. The van der Waals surface area contributed by atoms with Crippen LogP contribution < -0.4 is 14.9 Å². The molecule has 148 valence electrons. The monoisotopic (exact) mass is 406 g/mol. The number of nitrogens with one attached hydrogen (secondary N) is 1. The van der Waals surface area contributed by atoms with E-state index in [4.69, 9.17) is 4.74 Å². The highest BCUT2D eigenvalue weighted by molar-refractivity contribution is 7.16. The summed E-state index contributed by atoms with van der Waals surface area (Å²) in [7, 11) is 0. The Labute approximate surface area is 172 Å². The second-order valence-corrected chi connectivity index (χ2v) is 8.27. The molecule has 1 N–H and O–H groups in total. The molecule has 3 aromatic carbocycles. The van der Waals surface area contributed by atoms with E-state index in [2.05, 4.69) is 5.32 Å². The van der Waals surface area contributed by atoms with Crippen molar-refractivity contribution < 1.29 is 9.53 Å². The minimum atomic E-state index is -0.661. The number of fused-ring (bicyclic) bond motifs is 2. The Morgan fingerprint density at radius 2 is 1.76 bits per heavy atom. The molecule has 5 nitrogen and oxygen atoms in total. The fourth-order valence-electron chi connectivity index (χ4n) is 3.35. The highest BCUT2D eigenvalue weighted by atomic mass is 32.1. The van der Waals surface area contributed by atoms with Crippen LogP contribution in [-0.4, -0.2) is 16.6 Å². The maximum absolute atomic E-state index is 12.6. The fraction of sp³-hybridized carbons (Fsp3) is 0.217. The van der Waals surface area contributed by atoms with Gasteiger partial charge in [0, 0.05) is 11.7 Å². The summed E-state index contributed by atoms with van der Waals surface area (Å²) in [6, 6.07) is 19.4. The normalized spacial score (nSPS) is 12.4. The molecule has 29 heavy (non-hydrogen) atoms. The molecule has 1 aromatic heterocycles. The highest BCUT2D eigenvalue weighted by Gasteiger charge is 2.16. The van der Waals surface area contributed by atoms with Gasteiger partial charge < -0.3 is 10.1 Å². The molecule has 1 atom stereocenters. The molecule has 1 heterocycles. The van der Waals surface area contributed by atoms with Crippen LogP contribution in [0.25, 0.3) is 21.0 Å². The molecule has 0 saturated carbocycles. The number of thiazole rings is 1. The first-order chi connectivity index (χ1) is 13.9. The van der Waals surface area contributed by atoms with E-state index < -0.39 is 6.10 Å². The molecule has 0 saturated heterocycles. The lowest BCUT2D eigenvalue weighted by molar-refractivity contribution is -0.122. The van der Waals surface area contributed by atoms with E-state index in [1.165, 1.54) is 11.3 Å². The molecule has 0 aliphatic heterocycles. The van der Waals surface area contributed by atoms with Crippen molar-refractivity contribution in [1.82, 2.24) is 4.57 Å². The lowest BCUT2D eigenvalue weighted by atomic mass is 10.1. The molecule has 6 heteroatoms. The first-order valence-corrected chi connectivity index (χ1v) is 10.4. The maximum Gasteiger partial charge on any atom is 0.308 e. The molecular formula is C23H22N2O3S. The summed E-state index contributed by atoms with van der Waals surface area (Å²) in [5, 5.41) is 5.07. The smallest absolute Gasteiger partial charge is 0.308 e.